The molecule has 0 aliphatic rings. The Morgan fingerprint density at radius 3 is 2.69 bits per heavy atom. The summed E-state index contributed by atoms with van der Waals surface area (Å²) in [5, 5.41) is 0.112. The first-order valence-corrected chi connectivity index (χ1v) is 5.32. The van der Waals surface area contributed by atoms with E-state index in [0.717, 1.165) is 13.2 Å². The highest BCUT2D eigenvalue weighted by Crippen LogP contribution is 2.19. The lowest BCUT2D eigenvalue weighted by atomic mass is 10.1. The van der Waals surface area contributed by atoms with Crippen molar-refractivity contribution in [1.29, 1.82) is 0 Å². The number of methoxy groups -OCH3 is 1. The second-order valence-corrected chi connectivity index (χ2v) is 3.44. The molecule has 7 heteroatoms. The molecule has 0 fully saturated rings. The second-order valence-electron chi connectivity index (χ2n) is 2.88. The van der Waals surface area contributed by atoms with Gasteiger partial charge in [0.2, 0.25) is 0 Å². The highest BCUT2D eigenvalue weighted by atomic mass is 79.9. The quantitative estimate of drug-likeness (QED) is 0.685. The summed E-state index contributed by atoms with van der Waals surface area (Å²) in [5.74, 6) is -0.850. The zero-order valence-corrected chi connectivity index (χ0v) is 9.81. The number of alkyl halides is 3. The molecule has 0 saturated heterocycles. The number of aromatic nitrogens is 1. The van der Waals surface area contributed by atoms with Crippen molar-refractivity contribution >= 4 is 21.9 Å². The largest absolute Gasteiger partial charge is 0.465 e. The van der Waals surface area contributed by atoms with Crippen molar-refractivity contribution in [3.8, 4) is 0 Å². The van der Waals surface area contributed by atoms with Gasteiger partial charge < -0.3 is 9.72 Å². The highest BCUT2D eigenvalue weighted by molar-refractivity contribution is 9.08. The topological polar surface area (TPSA) is 59.2 Å². The molecule has 16 heavy (non-hydrogen) atoms. The maximum absolute atomic E-state index is 12.4. The minimum atomic E-state index is -2.79. The Hall–Kier alpha value is -1.24. The Kier molecular flexibility index (Phi) is 4.17. The Labute approximate surface area is 97.7 Å². The Morgan fingerprint density at radius 1 is 1.62 bits per heavy atom. The number of halogens is 3. The fourth-order valence-electron chi connectivity index (χ4n) is 1.18. The van der Waals surface area contributed by atoms with Crippen LogP contribution >= 0.6 is 15.9 Å². The second kappa shape index (κ2) is 5.20. The van der Waals surface area contributed by atoms with Gasteiger partial charge in [0.25, 0.3) is 12.0 Å². The molecule has 0 amide bonds. The van der Waals surface area contributed by atoms with E-state index in [1.807, 2.05) is 4.98 Å². The molecule has 0 aliphatic carbocycles. The lowest BCUT2D eigenvalue weighted by molar-refractivity contribution is 0.0597. The number of pyridine rings is 1. The number of esters is 1. The van der Waals surface area contributed by atoms with Gasteiger partial charge in [0.15, 0.2) is 0 Å². The molecule has 0 spiro atoms. The van der Waals surface area contributed by atoms with Crippen LogP contribution in [0.4, 0.5) is 8.78 Å². The smallest absolute Gasteiger partial charge is 0.343 e. The molecule has 0 radical (unpaired) electrons. The van der Waals surface area contributed by atoms with Gasteiger partial charge >= 0.3 is 5.97 Å². The van der Waals surface area contributed by atoms with Crippen LogP contribution in [0.15, 0.2) is 10.9 Å². The van der Waals surface area contributed by atoms with Crippen LogP contribution in [0.5, 0.6) is 0 Å². The first kappa shape index (κ1) is 12.8. The average molecular weight is 296 g/mol. The summed E-state index contributed by atoms with van der Waals surface area (Å²) in [4.78, 5) is 24.6. The predicted octanol–water partition coefficient (Wildman–Crippen LogP) is 1.99. The Balaban J connectivity index is 3.40. The Morgan fingerprint density at radius 2 is 2.25 bits per heavy atom. The normalized spacial score (nSPS) is 10.6. The minimum absolute atomic E-state index is 0.112. The number of carbonyl (C=O) groups excluding carboxylic acids is 1. The standard InChI is InChI=1S/C9H8BrF2NO3/c1-16-9(15)6-4(3-10)2-5(7(11)12)13-8(6)14/h2,7H,3H2,1H3,(H,13,14). The maximum Gasteiger partial charge on any atom is 0.343 e. The van der Waals surface area contributed by atoms with Crippen molar-refractivity contribution < 1.29 is 18.3 Å². The molecule has 0 saturated carbocycles. The van der Waals surface area contributed by atoms with E-state index in [1.165, 1.54) is 0 Å². The van der Waals surface area contributed by atoms with Crippen LogP contribution in [0.1, 0.15) is 28.0 Å². The van der Waals surface area contributed by atoms with Gasteiger partial charge in [-0.3, -0.25) is 4.79 Å². The molecular weight excluding hydrogens is 288 g/mol. The van der Waals surface area contributed by atoms with Crippen molar-refractivity contribution in [2.45, 2.75) is 11.8 Å². The van der Waals surface area contributed by atoms with E-state index in [0.29, 0.717) is 0 Å². The molecule has 0 aromatic carbocycles. The van der Waals surface area contributed by atoms with Crippen LogP contribution in [-0.2, 0) is 10.1 Å². The molecule has 1 heterocycles. The molecule has 0 aliphatic heterocycles. The molecular formula is C9H8BrF2NO3. The lowest BCUT2D eigenvalue weighted by Gasteiger charge is -2.07. The monoisotopic (exact) mass is 295 g/mol. The minimum Gasteiger partial charge on any atom is -0.465 e. The summed E-state index contributed by atoms with van der Waals surface area (Å²) in [6.45, 7) is 0. The molecule has 1 aromatic heterocycles. The number of rotatable bonds is 3. The van der Waals surface area contributed by atoms with Crippen molar-refractivity contribution in [2.24, 2.45) is 0 Å². The zero-order chi connectivity index (χ0) is 12.3. The van der Waals surface area contributed by atoms with Crippen molar-refractivity contribution in [3.05, 3.63) is 33.2 Å². The SMILES string of the molecule is COC(=O)c1c(CBr)cc(C(F)F)[nH]c1=O. The lowest BCUT2D eigenvalue weighted by Crippen LogP contribution is -2.22. The molecule has 1 N–H and O–H groups in total. The fraction of sp³-hybridized carbons (Fsp3) is 0.333. The third kappa shape index (κ3) is 2.46. The summed E-state index contributed by atoms with van der Waals surface area (Å²) < 4.78 is 29.1. The third-order valence-electron chi connectivity index (χ3n) is 1.90. The van der Waals surface area contributed by atoms with Gasteiger partial charge in [-0.25, -0.2) is 13.6 Å². The number of nitrogens with one attached hydrogen (secondary N) is 1. The first-order chi connectivity index (χ1) is 7.51. The van der Waals surface area contributed by atoms with Crippen molar-refractivity contribution in [1.82, 2.24) is 4.98 Å². The molecule has 0 atom stereocenters. The van der Waals surface area contributed by atoms with E-state index >= 15 is 0 Å². The van der Waals surface area contributed by atoms with Crippen LogP contribution in [0.25, 0.3) is 0 Å². The number of hydrogen-bond donors (Lipinski definition) is 1. The zero-order valence-electron chi connectivity index (χ0n) is 8.22. The van der Waals surface area contributed by atoms with Gasteiger partial charge in [0, 0.05) is 5.33 Å². The van der Waals surface area contributed by atoms with Gasteiger partial charge in [0.1, 0.15) is 5.56 Å². The number of carbonyl (C=O) groups is 1. The van der Waals surface area contributed by atoms with Gasteiger partial charge in [-0.2, -0.15) is 0 Å². The molecule has 88 valence electrons. The van der Waals surface area contributed by atoms with Gasteiger partial charge in [-0.1, -0.05) is 15.9 Å². The van der Waals surface area contributed by atoms with Crippen LogP contribution in [0.2, 0.25) is 0 Å². The molecule has 1 rings (SSSR count). The fourth-order valence-corrected chi connectivity index (χ4v) is 1.63. The van der Waals surface area contributed by atoms with E-state index in [4.69, 9.17) is 0 Å². The summed E-state index contributed by atoms with van der Waals surface area (Å²) >= 11 is 3.02. The first-order valence-electron chi connectivity index (χ1n) is 4.19. The van der Waals surface area contributed by atoms with Crippen LogP contribution < -0.4 is 5.56 Å². The predicted molar refractivity (Wildman–Crippen MR) is 56.0 cm³/mol. The molecule has 1 aromatic rings. The third-order valence-corrected chi connectivity index (χ3v) is 2.51. The number of ether oxygens (including phenoxy) is 1. The van der Waals surface area contributed by atoms with Crippen LogP contribution in [0.3, 0.4) is 0 Å². The summed E-state index contributed by atoms with van der Waals surface area (Å²) in [7, 11) is 1.11. The van der Waals surface area contributed by atoms with E-state index in [-0.39, 0.29) is 16.5 Å². The van der Waals surface area contributed by atoms with Crippen molar-refractivity contribution in [2.75, 3.05) is 7.11 Å². The van der Waals surface area contributed by atoms with E-state index in [1.54, 1.807) is 0 Å². The highest BCUT2D eigenvalue weighted by Gasteiger charge is 2.19. The Bertz CT molecular complexity index is 459. The molecule has 4 nitrogen and oxygen atoms in total. The summed E-state index contributed by atoms with van der Waals surface area (Å²) in [6, 6.07) is 1.06. The van der Waals surface area contributed by atoms with E-state index < -0.39 is 23.6 Å². The van der Waals surface area contributed by atoms with Gasteiger partial charge in [-0.05, 0) is 11.6 Å². The summed E-state index contributed by atoms with van der Waals surface area (Å²) in [6.07, 6.45) is -2.79. The summed E-state index contributed by atoms with van der Waals surface area (Å²) in [5.41, 5.74) is -1.49. The van der Waals surface area contributed by atoms with Crippen molar-refractivity contribution in [3.63, 3.8) is 0 Å². The van der Waals surface area contributed by atoms with Gasteiger partial charge in [0.05, 0.1) is 12.8 Å². The molecule has 0 unspecified atom stereocenters. The van der Waals surface area contributed by atoms with Gasteiger partial charge in [-0.15, -0.1) is 0 Å². The number of aromatic amines is 1. The average Bonchev–Trinajstić information content (AvgIpc) is 2.26. The van der Waals surface area contributed by atoms with E-state index in [9.17, 15) is 18.4 Å². The maximum atomic E-state index is 12.4. The molecule has 0 bridgehead atoms. The van der Waals surface area contributed by atoms with Crippen LogP contribution in [0, 0.1) is 0 Å². The van der Waals surface area contributed by atoms with Crippen LogP contribution in [-0.4, -0.2) is 18.1 Å². The number of hydrogen-bond acceptors (Lipinski definition) is 3. The van der Waals surface area contributed by atoms with E-state index in [2.05, 4.69) is 20.7 Å². The number of H-pyrrole nitrogens is 1.